The molecule has 0 bridgehead atoms. The summed E-state index contributed by atoms with van der Waals surface area (Å²) < 4.78 is 20.2. The third kappa shape index (κ3) is 7.15. The molecule has 47 heavy (non-hydrogen) atoms. The summed E-state index contributed by atoms with van der Waals surface area (Å²) in [6.07, 6.45) is 7.52. The number of hydrogen-bond acceptors (Lipinski definition) is 10. The fraction of sp³-hybridized carbons (Fsp3) is 0.353. The standard InChI is InChI=1S/C34H41BrN9O2P/c1-37-19-22(18-36)24-16-29(31(46-3)17-30(24)44-14-12-43(2)13-15-44)41-34-38-20-25(35)33(42-34)40-28-11-10-27-23(32(28)47(4,5)45)8-9-26(39-27)21-6-7-21/h8-11,16-21H,6-7,12-15,36H2,1-5H3,(H2,38,40,41,42)/p+1. The fourth-order valence-electron chi connectivity index (χ4n) is 6.00. The molecule has 1 aliphatic heterocycles. The lowest BCUT2D eigenvalue weighted by atomic mass is 10.0. The van der Waals surface area contributed by atoms with Crippen molar-refractivity contribution in [2.45, 2.75) is 18.8 Å². The SMILES string of the molecule is C[NH+]=CC(=CN)c1cc(Nc2ncc(Br)c(Nc3ccc4nc(C5CC5)ccc4c3P(C)(C)=O)n2)c(OC)cc1N1CCN(C)CC1. The number of pyridine rings is 1. The lowest BCUT2D eigenvalue weighted by Crippen LogP contribution is -2.63. The van der Waals surface area contributed by atoms with Crippen LogP contribution in [0, 0.1) is 0 Å². The van der Waals surface area contributed by atoms with Crippen molar-refractivity contribution in [2.24, 2.45) is 5.73 Å². The van der Waals surface area contributed by atoms with Gasteiger partial charge in [0, 0.05) is 78.2 Å². The molecule has 6 rings (SSSR count). The zero-order valence-corrected chi connectivity index (χ0v) is 30.0. The number of anilines is 5. The molecule has 2 fully saturated rings. The maximum absolute atomic E-state index is 13.7. The molecule has 246 valence electrons. The maximum atomic E-state index is 13.7. The summed E-state index contributed by atoms with van der Waals surface area (Å²) in [7, 11) is 2.92. The fourth-order valence-corrected chi connectivity index (χ4v) is 7.77. The van der Waals surface area contributed by atoms with Gasteiger partial charge in [-0.2, -0.15) is 4.98 Å². The average Bonchev–Trinajstić information content (AvgIpc) is 3.90. The van der Waals surface area contributed by atoms with E-state index in [1.54, 1.807) is 32.8 Å². The first-order valence-electron chi connectivity index (χ1n) is 15.7. The van der Waals surface area contributed by atoms with Crippen LogP contribution in [0.25, 0.3) is 16.5 Å². The third-order valence-corrected chi connectivity index (χ3v) is 10.7. The summed E-state index contributed by atoms with van der Waals surface area (Å²) in [6, 6.07) is 12.1. The van der Waals surface area contributed by atoms with Crippen LogP contribution in [0.4, 0.5) is 28.8 Å². The van der Waals surface area contributed by atoms with E-state index in [0.717, 1.165) is 64.9 Å². The van der Waals surface area contributed by atoms with Gasteiger partial charge < -0.3 is 35.5 Å². The minimum atomic E-state index is -2.72. The Hall–Kier alpha value is -3.99. The van der Waals surface area contributed by atoms with E-state index < -0.39 is 7.14 Å². The minimum absolute atomic E-state index is 0.359. The zero-order chi connectivity index (χ0) is 33.3. The number of halogens is 1. The van der Waals surface area contributed by atoms with E-state index in [4.69, 9.17) is 20.4 Å². The molecule has 0 unspecified atom stereocenters. The van der Waals surface area contributed by atoms with Crippen molar-refractivity contribution in [3.05, 3.63) is 64.5 Å². The van der Waals surface area contributed by atoms with Crippen molar-refractivity contribution in [1.82, 2.24) is 19.9 Å². The zero-order valence-electron chi connectivity index (χ0n) is 27.5. The summed E-state index contributed by atoms with van der Waals surface area (Å²) >= 11 is 3.61. The number of nitrogens with two attached hydrogens (primary N) is 1. The molecule has 3 heterocycles. The molecular weight excluding hydrogens is 677 g/mol. The first kappa shape index (κ1) is 32.9. The van der Waals surface area contributed by atoms with E-state index in [9.17, 15) is 4.57 Å². The van der Waals surface area contributed by atoms with Crippen LogP contribution in [0.3, 0.4) is 0 Å². The lowest BCUT2D eigenvalue weighted by Gasteiger charge is -2.35. The van der Waals surface area contributed by atoms with E-state index in [2.05, 4.69) is 65.5 Å². The number of nitrogens with one attached hydrogen (secondary N) is 3. The Kier molecular flexibility index (Phi) is 9.55. The molecule has 0 atom stereocenters. The molecule has 4 aromatic rings. The van der Waals surface area contributed by atoms with E-state index in [0.29, 0.717) is 39.3 Å². The molecule has 2 aromatic heterocycles. The van der Waals surface area contributed by atoms with Crippen molar-refractivity contribution >= 4 is 79.9 Å². The van der Waals surface area contributed by atoms with Gasteiger partial charge in [-0.05, 0) is 73.4 Å². The summed E-state index contributed by atoms with van der Waals surface area (Å²) in [6.45, 7) is 7.27. The Morgan fingerprint density at radius 1 is 1.09 bits per heavy atom. The molecule has 11 nitrogen and oxygen atoms in total. The molecule has 1 aliphatic carbocycles. The van der Waals surface area contributed by atoms with Crippen molar-refractivity contribution in [3.63, 3.8) is 0 Å². The van der Waals surface area contributed by atoms with Crippen LogP contribution < -0.4 is 36.3 Å². The number of rotatable bonds is 10. The van der Waals surface area contributed by atoms with Gasteiger partial charge in [0.15, 0.2) is 6.21 Å². The highest BCUT2D eigenvalue weighted by molar-refractivity contribution is 9.10. The number of benzene rings is 2. The van der Waals surface area contributed by atoms with E-state index in [1.807, 2.05) is 37.5 Å². The highest BCUT2D eigenvalue weighted by Crippen LogP contribution is 2.44. The number of fused-ring (bicyclic) bond motifs is 1. The molecule has 5 N–H and O–H groups in total. The van der Waals surface area contributed by atoms with Crippen LogP contribution in [0.15, 0.2) is 53.3 Å². The smallest absolute Gasteiger partial charge is 0.229 e. The summed E-state index contributed by atoms with van der Waals surface area (Å²) in [5.41, 5.74) is 12.3. The molecule has 2 aromatic carbocycles. The highest BCUT2D eigenvalue weighted by atomic mass is 79.9. The van der Waals surface area contributed by atoms with Gasteiger partial charge in [-0.25, -0.2) is 4.98 Å². The quantitative estimate of drug-likeness (QED) is 0.139. The minimum Gasteiger partial charge on any atom is -0.494 e. The molecular formula is C34H42BrN9O2P+. The van der Waals surface area contributed by atoms with Crippen LogP contribution in [0.2, 0.25) is 0 Å². The molecule has 0 amide bonds. The largest absolute Gasteiger partial charge is 0.494 e. The van der Waals surface area contributed by atoms with Gasteiger partial charge in [-0.3, -0.25) is 9.98 Å². The Labute approximate surface area is 284 Å². The monoisotopic (exact) mass is 718 g/mol. The molecule has 1 saturated heterocycles. The third-order valence-electron chi connectivity index (χ3n) is 8.59. The molecule has 0 spiro atoms. The second kappa shape index (κ2) is 13.6. The predicted octanol–water partition coefficient (Wildman–Crippen LogP) is 4.24. The summed E-state index contributed by atoms with van der Waals surface area (Å²) in [5.74, 6) is 2.07. The van der Waals surface area contributed by atoms with Crippen LogP contribution in [0.5, 0.6) is 5.75 Å². The number of ether oxygens (including phenoxy) is 1. The van der Waals surface area contributed by atoms with E-state index in [-0.39, 0.29) is 0 Å². The maximum Gasteiger partial charge on any atom is 0.229 e. The van der Waals surface area contributed by atoms with Gasteiger partial charge in [-0.15, -0.1) is 0 Å². The topological polar surface area (TPSA) is 136 Å². The molecule has 0 radical (unpaired) electrons. The first-order chi connectivity index (χ1) is 22.6. The average molecular weight is 720 g/mol. The normalized spacial score (nSPS) is 16.2. The van der Waals surface area contributed by atoms with E-state index in [1.165, 1.54) is 12.8 Å². The number of aromatic nitrogens is 3. The van der Waals surface area contributed by atoms with Gasteiger partial charge in [0.2, 0.25) is 5.95 Å². The Balaban J connectivity index is 1.36. The number of piperazine rings is 1. The van der Waals surface area contributed by atoms with Crippen LogP contribution in [-0.4, -0.2) is 86.8 Å². The highest BCUT2D eigenvalue weighted by Gasteiger charge is 2.27. The van der Waals surface area contributed by atoms with Gasteiger partial charge >= 0.3 is 0 Å². The van der Waals surface area contributed by atoms with Crippen LogP contribution in [-0.2, 0) is 4.57 Å². The Morgan fingerprint density at radius 2 is 1.85 bits per heavy atom. The summed E-state index contributed by atoms with van der Waals surface area (Å²) in [5, 5.41) is 8.44. The number of nitrogens with zero attached hydrogens (tertiary/aromatic N) is 5. The number of methoxy groups -OCH3 is 1. The van der Waals surface area contributed by atoms with Crippen molar-refractivity contribution in [2.75, 3.05) is 76.2 Å². The number of hydrogen-bond donors (Lipinski definition) is 4. The molecule has 13 heteroatoms. The Bertz CT molecular complexity index is 1910. The predicted molar refractivity (Wildman–Crippen MR) is 197 cm³/mol. The van der Waals surface area contributed by atoms with Crippen molar-refractivity contribution in [1.29, 1.82) is 0 Å². The second-order valence-corrected chi connectivity index (χ2v) is 16.4. The molecule has 1 saturated carbocycles. The van der Waals surface area contributed by atoms with Crippen LogP contribution in [0.1, 0.15) is 30.0 Å². The van der Waals surface area contributed by atoms with Crippen LogP contribution >= 0.6 is 23.1 Å². The second-order valence-electron chi connectivity index (χ2n) is 12.4. The van der Waals surface area contributed by atoms with E-state index >= 15 is 0 Å². The molecule has 2 aliphatic rings. The summed E-state index contributed by atoms with van der Waals surface area (Å²) in [4.78, 5) is 22.1. The first-order valence-corrected chi connectivity index (χ1v) is 19.1. The van der Waals surface area contributed by atoms with Crippen molar-refractivity contribution in [3.8, 4) is 5.75 Å². The number of allylic oxidation sites excluding steroid dienone is 1. The van der Waals surface area contributed by atoms with Gasteiger partial charge in [0.05, 0.1) is 34.0 Å². The van der Waals surface area contributed by atoms with Gasteiger partial charge in [0.1, 0.15) is 25.8 Å². The van der Waals surface area contributed by atoms with Crippen molar-refractivity contribution < 1.29 is 14.3 Å². The lowest BCUT2D eigenvalue weighted by molar-refractivity contribution is -0.412. The van der Waals surface area contributed by atoms with Gasteiger partial charge in [0.25, 0.3) is 0 Å². The number of likely N-dealkylation sites (N-methyl/N-ethyl adjacent to an activating group) is 1. The van der Waals surface area contributed by atoms with Gasteiger partial charge in [-0.1, -0.05) is 6.07 Å². The Morgan fingerprint density at radius 3 is 2.51 bits per heavy atom.